The molecule has 1 saturated heterocycles. The number of hydrogen-bond donors (Lipinski definition) is 0. The lowest BCUT2D eigenvalue weighted by molar-refractivity contribution is -0.244. The normalized spacial score (nSPS) is 22.7. The van der Waals surface area contributed by atoms with E-state index in [1.807, 2.05) is 58.0 Å². The Bertz CT molecular complexity index is 483. The number of benzene rings is 1. The Morgan fingerprint density at radius 2 is 2.00 bits per heavy atom. The summed E-state index contributed by atoms with van der Waals surface area (Å²) < 4.78 is 11.0. The van der Waals surface area contributed by atoms with Crippen LogP contribution in [0.3, 0.4) is 0 Å². The highest BCUT2D eigenvalue weighted by Crippen LogP contribution is 2.26. The third kappa shape index (κ3) is 4.80. The number of rotatable bonds is 5. The lowest BCUT2D eigenvalue weighted by Gasteiger charge is -2.25. The van der Waals surface area contributed by atoms with Crippen LogP contribution in [-0.4, -0.2) is 35.6 Å². The van der Waals surface area contributed by atoms with Crippen LogP contribution in [0.2, 0.25) is 0 Å². The van der Waals surface area contributed by atoms with Crippen molar-refractivity contribution in [1.29, 1.82) is 0 Å². The SMILES string of the molecule is CCO[C@@H]1C[C@H](C(=O)OC(C)(C)C)N(Cc2ccccc2)O1. The molecule has 0 radical (unpaired) electrons. The Labute approximate surface area is 132 Å². The molecule has 2 atom stereocenters. The van der Waals surface area contributed by atoms with Gasteiger partial charge in [0.25, 0.3) is 0 Å². The van der Waals surface area contributed by atoms with Crippen LogP contribution in [0, 0.1) is 0 Å². The summed E-state index contributed by atoms with van der Waals surface area (Å²) in [6.45, 7) is 8.57. The Kier molecular flexibility index (Phi) is 5.56. The molecule has 0 aromatic heterocycles. The summed E-state index contributed by atoms with van der Waals surface area (Å²) in [5.41, 5.74) is 0.562. The number of hydroxylamine groups is 2. The van der Waals surface area contributed by atoms with Crippen LogP contribution in [0.15, 0.2) is 30.3 Å². The van der Waals surface area contributed by atoms with Crippen molar-refractivity contribution in [3.05, 3.63) is 35.9 Å². The van der Waals surface area contributed by atoms with E-state index in [1.54, 1.807) is 5.06 Å². The standard InChI is InChI=1S/C17H25NO4/c1-5-20-15-11-14(16(19)21-17(2,3)4)18(22-15)12-13-9-7-6-8-10-13/h6-10,14-15H,5,11-12H2,1-4H3/t14-,15+/m1/s1. The van der Waals surface area contributed by atoms with E-state index in [-0.39, 0.29) is 5.97 Å². The van der Waals surface area contributed by atoms with Crippen molar-refractivity contribution >= 4 is 5.97 Å². The zero-order chi connectivity index (χ0) is 16.2. The monoisotopic (exact) mass is 307 g/mol. The van der Waals surface area contributed by atoms with Gasteiger partial charge in [0.1, 0.15) is 11.6 Å². The highest BCUT2D eigenvalue weighted by atomic mass is 16.8. The van der Waals surface area contributed by atoms with Crippen LogP contribution in [0.4, 0.5) is 0 Å². The maximum Gasteiger partial charge on any atom is 0.326 e. The molecular formula is C17H25NO4. The smallest absolute Gasteiger partial charge is 0.326 e. The first-order valence-electron chi connectivity index (χ1n) is 7.71. The average molecular weight is 307 g/mol. The summed E-state index contributed by atoms with van der Waals surface area (Å²) in [7, 11) is 0. The lowest BCUT2D eigenvalue weighted by Crippen LogP contribution is -2.39. The first kappa shape index (κ1) is 16.9. The fourth-order valence-electron chi connectivity index (χ4n) is 2.35. The van der Waals surface area contributed by atoms with E-state index in [4.69, 9.17) is 14.3 Å². The van der Waals surface area contributed by atoms with Gasteiger partial charge in [-0.2, -0.15) is 5.06 Å². The first-order valence-corrected chi connectivity index (χ1v) is 7.71. The molecule has 0 saturated carbocycles. The number of esters is 1. The van der Waals surface area contributed by atoms with Crippen molar-refractivity contribution in [1.82, 2.24) is 5.06 Å². The van der Waals surface area contributed by atoms with E-state index in [0.717, 1.165) is 5.56 Å². The molecule has 1 aromatic carbocycles. The van der Waals surface area contributed by atoms with Crippen molar-refractivity contribution in [3.63, 3.8) is 0 Å². The van der Waals surface area contributed by atoms with Gasteiger partial charge in [-0.15, -0.1) is 0 Å². The van der Waals surface area contributed by atoms with Gasteiger partial charge in [-0.05, 0) is 33.3 Å². The van der Waals surface area contributed by atoms with Gasteiger partial charge in [-0.3, -0.25) is 9.63 Å². The number of carbonyl (C=O) groups is 1. The van der Waals surface area contributed by atoms with E-state index in [1.165, 1.54) is 0 Å². The second-order valence-electron chi connectivity index (χ2n) is 6.34. The molecule has 1 aromatic rings. The molecule has 1 heterocycles. The van der Waals surface area contributed by atoms with Crippen LogP contribution in [0.25, 0.3) is 0 Å². The molecule has 2 rings (SSSR count). The molecule has 0 amide bonds. The number of hydrogen-bond acceptors (Lipinski definition) is 5. The Hall–Kier alpha value is -1.43. The number of carbonyl (C=O) groups excluding carboxylic acids is 1. The van der Waals surface area contributed by atoms with Crippen LogP contribution >= 0.6 is 0 Å². The summed E-state index contributed by atoms with van der Waals surface area (Å²) in [6, 6.07) is 9.45. The van der Waals surface area contributed by atoms with Crippen molar-refractivity contribution in [2.45, 2.75) is 58.6 Å². The van der Waals surface area contributed by atoms with Gasteiger partial charge in [0.2, 0.25) is 0 Å². The molecular weight excluding hydrogens is 282 g/mol. The predicted octanol–water partition coefficient (Wildman–Crippen LogP) is 2.90. The molecule has 22 heavy (non-hydrogen) atoms. The molecule has 1 aliphatic heterocycles. The van der Waals surface area contributed by atoms with Gasteiger partial charge < -0.3 is 9.47 Å². The van der Waals surface area contributed by atoms with E-state index in [9.17, 15) is 4.79 Å². The number of nitrogens with zero attached hydrogens (tertiary/aromatic N) is 1. The van der Waals surface area contributed by atoms with E-state index < -0.39 is 17.9 Å². The van der Waals surface area contributed by atoms with Crippen LogP contribution in [0.5, 0.6) is 0 Å². The summed E-state index contributed by atoms with van der Waals surface area (Å²) in [5.74, 6) is -0.273. The van der Waals surface area contributed by atoms with Gasteiger partial charge in [0.05, 0.1) is 6.54 Å². The lowest BCUT2D eigenvalue weighted by atomic mass is 10.1. The zero-order valence-electron chi connectivity index (χ0n) is 13.7. The van der Waals surface area contributed by atoms with Crippen molar-refractivity contribution in [2.24, 2.45) is 0 Å². The minimum absolute atomic E-state index is 0.273. The summed E-state index contributed by atoms with van der Waals surface area (Å²) in [4.78, 5) is 18.2. The Morgan fingerprint density at radius 3 is 2.59 bits per heavy atom. The molecule has 122 valence electrons. The van der Waals surface area contributed by atoms with Crippen molar-refractivity contribution in [3.8, 4) is 0 Å². The van der Waals surface area contributed by atoms with Crippen LogP contribution < -0.4 is 0 Å². The average Bonchev–Trinajstić information content (AvgIpc) is 2.81. The van der Waals surface area contributed by atoms with E-state index in [2.05, 4.69) is 0 Å². The maximum atomic E-state index is 12.4. The van der Waals surface area contributed by atoms with E-state index in [0.29, 0.717) is 19.6 Å². The Balaban J connectivity index is 2.07. The summed E-state index contributed by atoms with van der Waals surface area (Å²) in [5, 5.41) is 1.67. The van der Waals surface area contributed by atoms with Gasteiger partial charge in [-0.1, -0.05) is 30.3 Å². The second-order valence-corrected chi connectivity index (χ2v) is 6.34. The maximum absolute atomic E-state index is 12.4. The molecule has 1 aliphatic rings. The molecule has 1 fully saturated rings. The van der Waals surface area contributed by atoms with Crippen molar-refractivity contribution < 1.29 is 19.1 Å². The summed E-state index contributed by atoms with van der Waals surface area (Å²) in [6.07, 6.45) is 0.0847. The quantitative estimate of drug-likeness (QED) is 0.783. The molecule has 5 nitrogen and oxygen atoms in total. The molecule has 0 unspecified atom stereocenters. The fourth-order valence-corrected chi connectivity index (χ4v) is 2.35. The second kappa shape index (κ2) is 7.22. The fraction of sp³-hybridized carbons (Fsp3) is 0.588. The van der Waals surface area contributed by atoms with Crippen LogP contribution in [-0.2, 0) is 25.7 Å². The predicted molar refractivity (Wildman–Crippen MR) is 82.7 cm³/mol. The van der Waals surface area contributed by atoms with E-state index >= 15 is 0 Å². The molecule has 0 bridgehead atoms. The highest BCUT2D eigenvalue weighted by molar-refractivity contribution is 5.76. The van der Waals surface area contributed by atoms with Gasteiger partial charge in [0.15, 0.2) is 6.29 Å². The Morgan fingerprint density at radius 1 is 1.32 bits per heavy atom. The van der Waals surface area contributed by atoms with Crippen LogP contribution in [0.1, 0.15) is 39.7 Å². The third-order valence-corrected chi connectivity index (χ3v) is 3.23. The molecule has 0 N–H and O–H groups in total. The van der Waals surface area contributed by atoms with Gasteiger partial charge >= 0.3 is 5.97 Å². The zero-order valence-corrected chi connectivity index (χ0v) is 13.7. The number of ether oxygens (including phenoxy) is 2. The van der Waals surface area contributed by atoms with Crippen molar-refractivity contribution in [2.75, 3.05) is 6.61 Å². The molecule has 0 aliphatic carbocycles. The topological polar surface area (TPSA) is 48.0 Å². The highest BCUT2D eigenvalue weighted by Gasteiger charge is 2.41. The summed E-state index contributed by atoms with van der Waals surface area (Å²) >= 11 is 0. The minimum atomic E-state index is -0.515. The van der Waals surface area contributed by atoms with Gasteiger partial charge in [0, 0.05) is 13.0 Å². The van der Waals surface area contributed by atoms with Gasteiger partial charge in [-0.25, -0.2) is 0 Å². The first-order chi connectivity index (χ1) is 10.4. The third-order valence-electron chi connectivity index (χ3n) is 3.23. The molecule has 5 heteroatoms. The largest absolute Gasteiger partial charge is 0.459 e. The molecule has 0 spiro atoms. The minimum Gasteiger partial charge on any atom is -0.459 e.